The maximum Gasteiger partial charge on any atom is 0.798 e. The molecular weight excluding hydrogens is 305 g/mol. The van der Waals surface area contributed by atoms with E-state index in [4.69, 9.17) is 0 Å². The van der Waals surface area contributed by atoms with Gasteiger partial charge >= 0.3 is 13.4 Å². The first kappa shape index (κ1) is 14.6. The molecule has 0 radical (unpaired) electrons. The molecule has 1 aliphatic carbocycles. The minimum atomic E-state index is -3.37. The van der Waals surface area contributed by atoms with E-state index in [2.05, 4.69) is 4.65 Å². The lowest BCUT2D eigenvalue weighted by atomic mass is 10.1. The van der Waals surface area contributed by atoms with E-state index in [-0.39, 0.29) is 16.9 Å². The van der Waals surface area contributed by atoms with Gasteiger partial charge < -0.3 is 9.22 Å². The van der Waals surface area contributed by atoms with E-state index in [1.807, 2.05) is 0 Å². The summed E-state index contributed by atoms with van der Waals surface area (Å²) in [6.45, 7) is 0. The van der Waals surface area contributed by atoms with E-state index in [0.717, 1.165) is 25.1 Å². The molecule has 0 amide bonds. The molecule has 4 nitrogen and oxygen atoms in total. The Balaban J connectivity index is 2.26. The first-order chi connectivity index (χ1) is 10.4. The van der Waals surface area contributed by atoms with Gasteiger partial charge in [-0.25, -0.2) is 22.2 Å². The fraction of sp³-hybridized carbons (Fsp3) is 0.231. The molecule has 2 aromatic rings. The van der Waals surface area contributed by atoms with Crippen molar-refractivity contribution in [2.24, 2.45) is 0 Å². The van der Waals surface area contributed by atoms with Crippen molar-refractivity contribution in [3.8, 4) is 0 Å². The molecule has 0 unspecified atom stereocenters. The van der Waals surface area contributed by atoms with E-state index in [1.54, 1.807) is 0 Å². The van der Waals surface area contributed by atoms with Gasteiger partial charge in [0.05, 0.1) is 5.52 Å². The van der Waals surface area contributed by atoms with Crippen molar-refractivity contribution < 1.29 is 26.9 Å². The third kappa shape index (κ3) is 2.47. The Morgan fingerprint density at radius 1 is 1.23 bits per heavy atom. The van der Waals surface area contributed by atoms with Gasteiger partial charge in [0, 0.05) is 23.7 Å². The van der Waals surface area contributed by atoms with Crippen LogP contribution in [0.1, 0.15) is 29.2 Å². The van der Waals surface area contributed by atoms with Crippen LogP contribution in [0.3, 0.4) is 0 Å². The monoisotopic (exact) mass is 313 g/mol. The highest BCUT2D eigenvalue weighted by Crippen LogP contribution is 2.37. The van der Waals surface area contributed by atoms with E-state index in [1.165, 1.54) is 4.57 Å². The van der Waals surface area contributed by atoms with Gasteiger partial charge in [-0.2, -0.15) is 0 Å². The second kappa shape index (κ2) is 5.15. The van der Waals surface area contributed by atoms with Crippen LogP contribution in [0.15, 0.2) is 23.1 Å². The van der Waals surface area contributed by atoms with E-state index < -0.39 is 36.1 Å². The second-order valence-electron chi connectivity index (χ2n) is 4.96. The SMILES string of the molecule is O=C(OB(F)F)c1cn(C2CC2)c2cc(F)c(F)cc2c1=O. The van der Waals surface area contributed by atoms with Crippen molar-refractivity contribution in [3.63, 3.8) is 0 Å². The summed E-state index contributed by atoms with van der Waals surface area (Å²) in [7, 11) is -3.37. The Labute approximate surface area is 121 Å². The van der Waals surface area contributed by atoms with Crippen LogP contribution in [0, 0.1) is 11.6 Å². The molecule has 1 aliphatic rings. The minimum Gasteiger partial charge on any atom is -0.474 e. The van der Waals surface area contributed by atoms with Crippen LogP contribution in [-0.2, 0) is 4.65 Å². The molecule has 1 fully saturated rings. The molecule has 1 heterocycles. The molecule has 0 N–H and O–H groups in total. The number of fused-ring (bicyclic) bond motifs is 1. The summed E-state index contributed by atoms with van der Waals surface area (Å²) >= 11 is 0. The molecule has 22 heavy (non-hydrogen) atoms. The first-order valence-corrected chi connectivity index (χ1v) is 6.41. The van der Waals surface area contributed by atoms with Crippen LogP contribution in [0.25, 0.3) is 10.9 Å². The highest BCUT2D eigenvalue weighted by atomic mass is 19.2. The zero-order valence-electron chi connectivity index (χ0n) is 11.0. The molecule has 114 valence electrons. The Bertz CT molecular complexity index is 832. The van der Waals surface area contributed by atoms with Gasteiger partial charge in [0.1, 0.15) is 5.56 Å². The van der Waals surface area contributed by atoms with Gasteiger partial charge in [-0.1, -0.05) is 0 Å². The van der Waals surface area contributed by atoms with Gasteiger partial charge in [0.25, 0.3) is 0 Å². The Morgan fingerprint density at radius 2 is 1.86 bits per heavy atom. The van der Waals surface area contributed by atoms with Crippen molar-refractivity contribution in [2.75, 3.05) is 0 Å². The second-order valence-corrected chi connectivity index (χ2v) is 4.96. The lowest BCUT2D eigenvalue weighted by molar-refractivity contribution is 0.0693. The summed E-state index contributed by atoms with van der Waals surface area (Å²) in [5.74, 6) is -3.89. The van der Waals surface area contributed by atoms with Gasteiger partial charge in [-0.15, -0.1) is 0 Å². The maximum atomic E-state index is 13.4. The molecule has 1 saturated carbocycles. The zero-order chi connectivity index (χ0) is 16.0. The normalized spacial score (nSPS) is 14.2. The van der Waals surface area contributed by atoms with Crippen LogP contribution in [-0.4, -0.2) is 18.0 Å². The van der Waals surface area contributed by atoms with Gasteiger partial charge in [-0.05, 0) is 18.9 Å². The molecule has 9 heteroatoms. The zero-order valence-corrected chi connectivity index (χ0v) is 11.0. The Kier molecular flexibility index (Phi) is 3.42. The summed E-state index contributed by atoms with van der Waals surface area (Å²) in [4.78, 5) is 23.7. The first-order valence-electron chi connectivity index (χ1n) is 6.41. The summed E-state index contributed by atoms with van der Waals surface area (Å²) in [6.07, 6.45) is 2.50. The van der Waals surface area contributed by atoms with Crippen LogP contribution >= 0.6 is 0 Å². The van der Waals surface area contributed by atoms with Crippen molar-refractivity contribution in [2.45, 2.75) is 18.9 Å². The topological polar surface area (TPSA) is 48.3 Å². The van der Waals surface area contributed by atoms with Gasteiger partial charge in [-0.3, -0.25) is 4.79 Å². The number of aromatic nitrogens is 1. The van der Waals surface area contributed by atoms with Crippen LogP contribution < -0.4 is 5.43 Å². The average molecular weight is 313 g/mol. The number of carbonyl (C=O) groups is 1. The third-order valence-electron chi connectivity index (χ3n) is 3.43. The van der Waals surface area contributed by atoms with Crippen LogP contribution in [0.5, 0.6) is 0 Å². The highest BCUT2D eigenvalue weighted by Gasteiger charge is 2.30. The average Bonchev–Trinajstić information content (AvgIpc) is 3.25. The fourth-order valence-electron chi connectivity index (χ4n) is 2.29. The predicted molar refractivity (Wildman–Crippen MR) is 69.8 cm³/mol. The van der Waals surface area contributed by atoms with Crippen molar-refractivity contribution >= 4 is 24.3 Å². The molecule has 0 bridgehead atoms. The third-order valence-corrected chi connectivity index (χ3v) is 3.43. The summed E-state index contributed by atoms with van der Waals surface area (Å²) < 4.78 is 56.2. The maximum absolute atomic E-state index is 13.4. The lowest BCUT2D eigenvalue weighted by Crippen LogP contribution is -2.23. The summed E-state index contributed by atoms with van der Waals surface area (Å²) in [6, 6.07) is 1.42. The van der Waals surface area contributed by atoms with Crippen LogP contribution in [0.4, 0.5) is 17.4 Å². The van der Waals surface area contributed by atoms with Gasteiger partial charge in [0.2, 0.25) is 5.43 Å². The molecule has 0 atom stereocenters. The summed E-state index contributed by atoms with van der Waals surface area (Å²) in [5, 5.41) is -0.255. The standard InChI is InChI=1S/C13H8BF4NO3/c15-9-3-7-11(4-10(9)16)19(6-1-2-6)5-8(12(7)20)13(21)22-14(17)18/h3-6H,1-2H2. The molecule has 3 rings (SSSR count). The largest absolute Gasteiger partial charge is 0.798 e. The predicted octanol–water partition coefficient (Wildman–Crippen LogP) is 2.70. The number of carbonyl (C=O) groups excluding carboxylic acids is 1. The van der Waals surface area contributed by atoms with Crippen molar-refractivity contribution in [1.29, 1.82) is 0 Å². The van der Waals surface area contributed by atoms with Gasteiger partial charge in [0.15, 0.2) is 11.6 Å². The van der Waals surface area contributed by atoms with Crippen LogP contribution in [0.2, 0.25) is 0 Å². The summed E-state index contributed by atoms with van der Waals surface area (Å²) in [5.41, 5.74) is -1.50. The van der Waals surface area contributed by atoms with Crippen molar-refractivity contribution in [1.82, 2.24) is 4.57 Å². The number of pyridine rings is 1. The number of hydrogen-bond acceptors (Lipinski definition) is 3. The Hall–Kier alpha value is -2.32. The van der Waals surface area contributed by atoms with E-state index in [0.29, 0.717) is 6.07 Å². The Morgan fingerprint density at radius 3 is 2.45 bits per heavy atom. The fourth-order valence-corrected chi connectivity index (χ4v) is 2.29. The molecule has 0 aliphatic heterocycles. The quantitative estimate of drug-likeness (QED) is 0.646. The van der Waals surface area contributed by atoms with E-state index in [9.17, 15) is 27.0 Å². The van der Waals surface area contributed by atoms with E-state index >= 15 is 0 Å². The number of rotatable bonds is 3. The molecule has 1 aromatic carbocycles. The highest BCUT2D eigenvalue weighted by molar-refractivity contribution is 6.38. The van der Waals surface area contributed by atoms with Crippen molar-refractivity contribution in [3.05, 3.63) is 45.8 Å². The molecule has 0 spiro atoms. The molecule has 1 aromatic heterocycles. The number of nitrogens with zero attached hydrogens (tertiary/aromatic N) is 1. The number of hydrogen-bond donors (Lipinski definition) is 0. The number of halogens is 4. The lowest BCUT2D eigenvalue weighted by Gasteiger charge is -2.12. The molecule has 0 saturated heterocycles. The molecular formula is C13H8BF4NO3. The smallest absolute Gasteiger partial charge is 0.474 e. The minimum absolute atomic E-state index is 0.0916. The number of benzene rings is 1.